The number of nitrogens with two attached hydrogens (primary N) is 1. The molecule has 84 valence electrons. The monoisotopic (exact) mass is 228 g/mol. The molecule has 1 aliphatic carbocycles. The molecule has 6 heteroatoms. The van der Waals surface area contributed by atoms with Gasteiger partial charge in [-0.05, 0) is 12.8 Å². The van der Waals surface area contributed by atoms with Crippen LogP contribution in [0.5, 0.6) is 0 Å². The average Bonchev–Trinajstić information content (AvgIpc) is 2.50. The number of hydrogen-bond donors (Lipinski definition) is 3. The van der Waals surface area contributed by atoms with Crippen molar-refractivity contribution >= 4 is 22.6 Å². The van der Waals surface area contributed by atoms with Gasteiger partial charge in [0.1, 0.15) is 0 Å². The van der Waals surface area contributed by atoms with Gasteiger partial charge in [-0.1, -0.05) is 19.3 Å². The summed E-state index contributed by atoms with van der Waals surface area (Å²) in [5, 5.41) is 13.8. The number of aromatic nitrogens is 2. The van der Waals surface area contributed by atoms with Gasteiger partial charge in [0.25, 0.3) is 0 Å². The SMILES string of the molecule is Nc1nsc(NC2CCCCCC2O)n1. The van der Waals surface area contributed by atoms with Crippen LogP contribution in [0.25, 0.3) is 0 Å². The Labute approximate surface area is 92.9 Å². The summed E-state index contributed by atoms with van der Waals surface area (Å²) < 4.78 is 3.89. The quantitative estimate of drug-likeness (QED) is 0.663. The summed E-state index contributed by atoms with van der Waals surface area (Å²) >= 11 is 1.24. The van der Waals surface area contributed by atoms with Gasteiger partial charge in [0.15, 0.2) is 0 Å². The second-order valence-electron chi connectivity index (χ2n) is 3.91. The fourth-order valence-electron chi connectivity index (χ4n) is 1.91. The number of aliphatic hydroxyl groups excluding tert-OH is 1. The van der Waals surface area contributed by atoms with Crippen molar-refractivity contribution in [2.75, 3.05) is 11.1 Å². The van der Waals surface area contributed by atoms with Gasteiger partial charge in [0.05, 0.1) is 12.1 Å². The lowest BCUT2D eigenvalue weighted by molar-refractivity contribution is 0.144. The van der Waals surface area contributed by atoms with Gasteiger partial charge in [-0.3, -0.25) is 0 Å². The van der Waals surface area contributed by atoms with Crippen LogP contribution in [0.2, 0.25) is 0 Å². The summed E-state index contributed by atoms with van der Waals surface area (Å²) in [6.07, 6.45) is 5.04. The zero-order valence-electron chi connectivity index (χ0n) is 8.52. The molecule has 1 aromatic heterocycles. The maximum atomic E-state index is 9.88. The van der Waals surface area contributed by atoms with E-state index in [1.54, 1.807) is 0 Å². The minimum absolute atomic E-state index is 0.0971. The summed E-state index contributed by atoms with van der Waals surface area (Å²) in [4.78, 5) is 4.03. The molecule has 5 nitrogen and oxygen atoms in total. The second-order valence-corrected chi connectivity index (χ2v) is 4.67. The molecule has 0 aliphatic heterocycles. The van der Waals surface area contributed by atoms with E-state index in [0.29, 0.717) is 11.1 Å². The predicted molar refractivity (Wildman–Crippen MR) is 60.8 cm³/mol. The van der Waals surface area contributed by atoms with Gasteiger partial charge >= 0.3 is 0 Å². The molecule has 2 atom stereocenters. The van der Waals surface area contributed by atoms with Gasteiger partial charge in [0.2, 0.25) is 11.1 Å². The maximum Gasteiger partial charge on any atom is 0.233 e. The van der Waals surface area contributed by atoms with Crippen molar-refractivity contribution in [3.05, 3.63) is 0 Å². The number of rotatable bonds is 2. The Kier molecular flexibility index (Phi) is 3.37. The first kappa shape index (κ1) is 10.6. The van der Waals surface area contributed by atoms with Crippen LogP contribution in [0.1, 0.15) is 32.1 Å². The van der Waals surface area contributed by atoms with E-state index in [-0.39, 0.29) is 12.1 Å². The largest absolute Gasteiger partial charge is 0.391 e. The van der Waals surface area contributed by atoms with E-state index in [0.717, 1.165) is 25.7 Å². The van der Waals surface area contributed by atoms with Crippen LogP contribution < -0.4 is 11.1 Å². The molecule has 2 rings (SSSR count). The van der Waals surface area contributed by atoms with Gasteiger partial charge in [-0.2, -0.15) is 9.36 Å². The predicted octanol–water partition coefficient (Wildman–Crippen LogP) is 1.23. The molecule has 0 bridgehead atoms. The maximum absolute atomic E-state index is 9.88. The summed E-state index contributed by atoms with van der Waals surface area (Å²) in [6, 6.07) is 0.0971. The lowest BCUT2D eigenvalue weighted by Crippen LogP contribution is -2.32. The summed E-state index contributed by atoms with van der Waals surface area (Å²) in [5.74, 6) is 0.297. The molecule has 1 aliphatic rings. The summed E-state index contributed by atoms with van der Waals surface area (Å²) in [6.45, 7) is 0. The third-order valence-corrected chi connectivity index (χ3v) is 3.39. The van der Waals surface area contributed by atoms with Crippen molar-refractivity contribution in [2.24, 2.45) is 0 Å². The van der Waals surface area contributed by atoms with Crippen LogP contribution in [-0.2, 0) is 0 Å². The highest BCUT2D eigenvalue weighted by Crippen LogP contribution is 2.22. The summed E-state index contributed by atoms with van der Waals surface area (Å²) in [5.41, 5.74) is 5.43. The van der Waals surface area contributed by atoms with E-state index in [4.69, 9.17) is 5.73 Å². The van der Waals surface area contributed by atoms with Crippen LogP contribution in [0.4, 0.5) is 11.1 Å². The van der Waals surface area contributed by atoms with E-state index < -0.39 is 0 Å². The van der Waals surface area contributed by atoms with Crippen molar-refractivity contribution < 1.29 is 5.11 Å². The number of nitrogens with one attached hydrogen (secondary N) is 1. The molecular formula is C9H16N4OS. The van der Waals surface area contributed by atoms with Gasteiger partial charge < -0.3 is 16.2 Å². The van der Waals surface area contributed by atoms with E-state index in [9.17, 15) is 5.11 Å². The molecule has 4 N–H and O–H groups in total. The molecule has 1 fully saturated rings. The van der Waals surface area contributed by atoms with Crippen molar-refractivity contribution in [3.63, 3.8) is 0 Å². The fraction of sp³-hybridized carbons (Fsp3) is 0.778. The first-order valence-electron chi connectivity index (χ1n) is 5.29. The van der Waals surface area contributed by atoms with Crippen molar-refractivity contribution in [1.82, 2.24) is 9.36 Å². The third-order valence-electron chi connectivity index (χ3n) is 2.73. The highest BCUT2D eigenvalue weighted by atomic mass is 32.1. The third kappa shape index (κ3) is 2.79. The van der Waals surface area contributed by atoms with Crippen molar-refractivity contribution in [1.29, 1.82) is 0 Å². The standard InChI is InChI=1S/C9H16N4OS/c10-8-12-9(15-13-8)11-6-4-2-1-3-5-7(6)14/h6-7,14H,1-5H2,(H3,10,11,12,13). The Morgan fingerprint density at radius 1 is 1.33 bits per heavy atom. The van der Waals surface area contributed by atoms with Crippen LogP contribution in [-0.4, -0.2) is 26.6 Å². The number of anilines is 2. The van der Waals surface area contributed by atoms with E-state index in [1.165, 1.54) is 18.0 Å². The van der Waals surface area contributed by atoms with Crippen molar-refractivity contribution in [2.45, 2.75) is 44.2 Å². The Bertz CT molecular complexity index is 317. The van der Waals surface area contributed by atoms with Gasteiger partial charge in [-0.15, -0.1) is 0 Å². The molecule has 0 saturated heterocycles. The molecule has 0 aromatic carbocycles. The smallest absolute Gasteiger partial charge is 0.233 e. The Hall–Kier alpha value is -0.880. The van der Waals surface area contributed by atoms with E-state index in [2.05, 4.69) is 14.7 Å². The molecule has 1 heterocycles. The van der Waals surface area contributed by atoms with Crippen molar-refractivity contribution in [3.8, 4) is 0 Å². The minimum atomic E-state index is -0.280. The van der Waals surface area contributed by atoms with E-state index >= 15 is 0 Å². The molecule has 15 heavy (non-hydrogen) atoms. The molecule has 0 amide bonds. The molecule has 1 saturated carbocycles. The zero-order chi connectivity index (χ0) is 10.7. The van der Waals surface area contributed by atoms with Gasteiger partial charge in [0, 0.05) is 11.5 Å². The van der Waals surface area contributed by atoms with Crippen LogP contribution >= 0.6 is 11.5 Å². The first-order chi connectivity index (χ1) is 7.25. The number of aliphatic hydroxyl groups is 1. The lowest BCUT2D eigenvalue weighted by atomic mass is 10.1. The minimum Gasteiger partial charge on any atom is -0.391 e. The molecule has 1 aromatic rings. The average molecular weight is 228 g/mol. The summed E-state index contributed by atoms with van der Waals surface area (Å²) in [7, 11) is 0. The van der Waals surface area contributed by atoms with Crippen LogP contribution in [0.15, 0.2) is 0 Å². The fourth-order valence-corrected chi connectivity index (χ4v) is 2.47. The Balaban J connectivity index is 1.97. The van der Waals surface area contributed by atoms with Crippen LogP contribution in [0.3, 0.4) is 0 Å². The molecule has 0 spiro atoms. The van der Waals surface area contributed by atoms with Gasteiger partial charge in [-0.25, -0.2) is 0 Å². The Morgan fingerprint density at radius 2 is 2.13 bits per heavy atom. The highest BCUT2D eigenvalue weighted by molar-refractivity contribution is 7.09. The second kappa shape index (κ2) is 4.76. The topological polar surface area (TPSA) is 84.1 Å². The first-order valence-corrected chi connectivity index (χ1v) is 6.07. The highest BCUT2D eigenvalue weighted by Gasteiger charge is 2.22. The normalized spacial score (nSPS) is 27.3. The zero-order valence-corrected chi connectivity index (χ0v) is 9.33. The van der Waals surface area contributed by atoms with E-state index in [1.807, 2.05) is 0 Å². The lowest BCUT2D eigenvalue weighted by Gasteiger charge is -2.20. The number of nitrogen functional groups attached to an aromatic ring is 1. The number of nitrogens with zero attached hydrogens (tertiary/aromatic N) is 2. The molecule has 2 unspecified atom stereocenters. The molecular weight excluding hydrogens is 212 g/mol. The number of hydrogen-bond acceptors (Lipinski definition) is 6. The molecule has 0 radical (unpaired) electrons. The van der Waals surface area contributed by atoms with Crippen LogP contribution in [0, 0.1) is 0 Å². The Morgan fingerprint density at radius 3 is 2.87 bits per heavy atom.